The van der Waals surface area contributed by atoms with Crippen LogP contribution in [0.2, 0.25) is 0 Å². The van der Waals surface area contributed by atoms with Crippen molar-refractivity contribution < 1.29 is 26.4 Å². The number of thioether (sulfide) groups is 1. The second kappa shape index (κ2) is 7.98. The number of aliphatic imine (C=N–C) groups is 1. The van der Waals surface area contributed by atoms with Crippen LogP contribution in [0.5, 0.6) is 0 Å². The quantitative estimate of drug-likeness (QED) is 0.685. The number of carbonyl (C=O) groups is 1. The number of alkyl halides is 3. The molecule has 0 N–H and O–H groups in total. The summed E-state index contributed by atoms with van der Waals surface area (Å²) in [6.45, 7) is 1.93. The standard InChI is InChI=1S/C21H19F3N2O3S2/c1-13-5-7-14(8-6-13)9-19(27)25-20-26(17-11-31(28,29)12-18(17)30-20)16-4-2-3-15(10-16)21(22,23)24/h2-8,10,17-18H,9,11-12H2,1H3/t17-,18+/m1/s1. The van der Waals surface area contributed by atoms with E-state index in [-0.39, 0.29) is 34.0 Å². The van der Waals surface area contributed by atoms with Crippen LogP contribution >= 0.6 is 11.8 Å². The molecule has 2 fully saturated rings. The van der Waals surface area contributed by atoms with Gasteiger partial charge in [0.05, 0.1) is 29.5 Å². The molecule has 0 radical (unpaired) electrons. The zero-order chi connectivity index (χ0) is 22.4. The van der Waals surface area contributed by atoms with Crippen LogP contribution in [0.4, 0.5) is 18.9 Å². The second-order valence-corrected chi connectivity index (χ2v) is 11.0. The number of anilines is 1. The number of rotatable bonds is 3. The summed E-state index contributed by atoms with van der Waals surface area (Å²) < 4.78 is 63.9. The molecule has 2 atom stereocenters. The molecule has 0 aromatic heterocycles. The average Bonchev–Trinajstić information content (AvgIpc) is 3.13. The van der Waals surface area contributed by atoms with Gasteiger partial charge >= 0.3 is 6.18 Å². The minimum atomic E-state index is -4.54. The molecule has 2 aromatic carbocycles. The summed E-state index contributed by atoms with van der Waals surface area (Å²) in [5.74, 6) is -0.721. The number of carbonyl (C=O) groups excluding carboxylic acids is 1. The van der Waals surface area contributed by atoms with Crippen molar-refractivity contribution in [2.45, 2.75) is 30.8 Å². The van der Waals surface area contributed by atoms with Gasteiger partial charge in [0.25, 0.3) is 5.91 Å². The molecule has 0 saturated carbocycles. The average molecular weight is 469 g/mol. The van der Waals surface area contributed by atoms with Crippen molar-refractivity contribution in [2.24, 2.45) is 4.99 Å². The topological polar surface area (TPSA) is 66.8 Å². The molecule has 10 heteroatoms. The minimum absolute atomic E-state index is 0.0500. The summed E-state index contributed by atoms with van der Waals surface area (Å²) in [7, 11) is -3.31. The van der Waals surface area contributed by atoms with Crippen molar-refractivity contribution in [1.29, 1.82) is 0 Å². The highest BCUT2D eigenvalue weighted by Gasteiger charge is 2.49. The normalized spacial score (nSPS) is 23.9. The fourth-order valence-electron chi connectivity index (χ4n) is 3.73. The molecule has 31 heavy (non-hydrogen) atoms. The van der Waals surface area contributed by atoms with E-state index in [1.807, 2.05) is 31.2 Å². The zero-order valence-corrected chi connectivity index (χ0v) is 18.1. The Morgan fingerprint density at radius 3 is 2.55 bits per heavy atom. The van der Waals surface area contributed by atoms with Crippen LogP contribution in [-0.4, -0.2) is 42.3 Å². The molecule has 2 aliphatic rings. The molecule has 0 spiro atoms. The molecule has 0 unspecified atom stereocenters. The van der Waals surface area contributed by atoms with Crippen molar-refractivity contribution in [3.8, 4) is 0 Å². The number of amidine groups is 1. The smallest absolute Gasteiger partial charge is 0.316 e. The van der Waals surface area contributed by atoms with E-state index in [4.69, 9.17) is 0 Å². The van der Waals surface area contributed by atoms with E-state index in [1.165, 1.54) is 17.0 Å². The van der Waals surface area contributed by atoms with Crippen LogP contribution < -0.4 is 4.90 Å². The number of aryl methyl sites for hydroxylation is 1. The number of nitrogens with zero attached hydrogens (tertiary/aromatic N) is 2. The Balaban J connectivity index is 1.67. The molecule has 2 heterocycles. The Hall–Kier alpha value is -2.33. The number of sulfone groups is 1. The summed E-state index contributed by atoms with van der Waals surface area (Å²) >= 11 is 1.14. The number of fused-ring (bicyclic) bond motifs is 1. The van der Waals surface area contributed by atoms with Gasteiger partial charge in [-0.15, -0.1) is 0 Å². The molecule has 2 aromatic rings. The van der Waals surface area contributed by atoms with Crippen LogP contribution in [0.3, 0.4) is 0 Å². The number of benzene rings is 2. The van der Waals surface area contributed by atoms with Crippen LogP contribution in [0.25, 0.3) is 0 Å². The molecular weight excluding hydrogens is 449 g/mol. The molecule has 1 amide bonds. The largest absolute Gasteiger partial charge is 0.416 e. The van der Waals surface area contributed by atoms with Gasteiger partial charge in [-0.2, -0.15) is 18.2 Å². The van der Waals surface area contributed by atoms with E-state index in [2.05, 4.69) is 4.99 Å². The maximum atomic E-state index is 13.2. The highest BCUT2D eigenvalue weighted by Crippen LogP contribution is 2.42. The van der Waals surface area contributed by atoms with Gasteiger partial charge in [-0.1, -0.05) is 47.7 Å². The lowest BCUT2D eigenvalue weighted by Gasteiger charge is -2.25. The van der Waals surface area contributed by atoms with Crippen LogP contribution in [-0.2, 0) is 27.2 Å². The fourth-order valence-corrected chi connectivity index (χ4v) is 7.66. The van der Waals surface area contributed by atoms with Gasteiger partial charge in [0.15, 0.2) is 15.0 Å². The Morgan fingerprint density at radius 1 is 1.16 bits per heavy atom. The Bertz CT molecular complexity index is 1150. The predicted molar refractivity (Wildman–Crippen MR) is 115 cm³/mol. The Kier molecular flexibility index (Phi) is 5.63. The first-order valence-electron chi connectivity index (χ1n) is 9.52. The van der Waals surface area contributed by atoms with Gasteiger partial charge in [0, 0.05) is 10.9 Å². The number of halogens is 3. The summed E-state index contributed by atoms with van der Waals surface area (Å²) in [6.07, 6.45) is -4.49. The molecule has 2 saturated heterocycles. The number of hydrogen-bond donors (Lipinski definition) is 0. The first-order valence-corrected chi connectivity index (χ1v) is 12.2. The third kappa shape index (κ3) is 4.79. The molecule has 0 aliphatic carbocycles. The fraction of sp³-hybridized carbons (Fsp3) is 0.333. The van der Waals surface area contributed by atoms with Gasteiger partial charge in [-0.05, 0) is 30.7 Å². The van der Waals surface area contributed by atoms with E-state index in [0.717, 1.165) is 35.0 Å². The summed E-state index contributed by atoms with van der Waals surface area (Å²) in [6, 6.07) is 11.5. The van der Waals surface area contributed by atoms with E-state index < -0.39 is 33.5 Å². The lowest BCUT2D eigenvalue weighted by molar-refractivity contribution is -0.137. The van der Waals surface area contributed by atoms with Crippen molar-refractivity contribution in [3.63, 3.8) is 0 Å². The van der Waals surface area contributed by atoms with Gasteiger partial charge in [-0.3, -0.25) is 4.79 Å². The molecular formula is C21H19F3N2O3S2. The number of hydrogen-bond acceptors (Lipinski definition) is 4. The lowest BCUT2D eigenvalue weighted by Crippen LogP contribution is -2.38. The summed E-state index contributed by atoms with van der Waals surface area (Å²) in [5, 5.41) is -0.146. The van der Waals surface area contributed by atoms with Crippen molar-refractivity contribution >= 4 is 38.4 Å². The second-order valence-electron chi connectivity index (χ2n) is 7.67. The SMILES string of the molecule is Cc1ccc(CC(=O)N=C2S[C@H]3CS(=O)(=O)C[C@H]3N2c2cccc(C(F)(F)F)c2)cc1. The molecule has 4 rings (SSSR count). The van der Waals surface area contributed by atoms with Gasteiger partial charge in [0.1, 0.15) is 0 Å². The number of amides is 1. The maximum Gasteiger partial charge on any atom is 0.416 e. The first-order chi connectivity index (χ1) is 14.5. The predicted octanol–water partition coefficient (Wildman–Crippen LogP) is 3.86. The van der Waals surface area contributed by atoms with Crippen molar-refractivity contribution in [1.82, 2.24) is 0 Å². The molecule has 164 valence electrons. The Labute approximate surface area is 182 Å². The van der Waals surface area contributed by atoms with E-state index in [1.54, 1.807) is 0 Å². The van der Waals surface area contributed by atoms with Gasteiger partial charge < -0.3 is 4.90 Å². The summed E-state index contributed by atoms with van der Waals surface area (Å²) in [5.41, 5.74) is 1.16. The minimum Gasteiger partial charge on any atom is -0.316 e. The monoisotopic (exact) mass is 468 g/mol. The highest BCUT2D eigenvalue weighted by molar-refractivity contribution is 8.16. The van der Waals surface area contributed by atoms with Crippen LogP contribution in [0.15, 0.2) is 53.5 Å². The van der Waals surface area contributed by atoms with Crippen LogP contribution in [0.1, 0.15) is 16.7 Å². The Morgan fingerprint density at radius 2 is 1.87 bits per heavy atom. The third-order valence-corrected chi connectivity index (χ3v) is 8.42. The summed E-state index contributed by atoms with van der Waals surface area (Å²) in [4.78, 5) is 18.2. The first kappa shape index (κ1) is 21.9. The van der Waals surface area contributed by atoms with Gasteiger partial charge in [0.2, 0.25) is 0 Å². The van der Waals surface area contributed by atoms with Gasteiger partial charge in [-0.25, -0.2) is 8.42 Å². The van der Waals surface area contributed by atoms with E-state index >= 15 is 0 Å². The molecule has 5 nitrogen and oxygen atoms in total. The maximum absolute atomic E-state index is 13.2. The van der Waals surface area contributed by atoms with E-state index in [9.17, 15) is 26.4 Å². The lowest BCUT2D eigenvalue weighted by atomic mass is 10.1. The molecule has 0 bridgehead atoms. The zero-order valence-electron chi connectivity index (χ0n) is 16.5. The van der Waals surface area contributed by atoms with Crippen LogP contribution in [0, 0.1) is 6.92 Å². The highest BCUT2D eigenvalue weighted by atomic mass is 32.2. The molecule has 2 aliphatic heterocycles. The van der Waals surface area contributed by atoms with E-state index in [0.29, 0.717) is 0 Å². The third-order valence-electron chi connectivity index (χ3n) is 5.21. The van der Waals surface area contributed by atoms with Crippen molar-refractivity contribution in [3.05, 3.63) is 65.2 Å². The van der Waals surface area contributed by atoms with Crippen molar-refractivity contribution in [2.75, 3.05) is 16.4 Å².